The minimum atomic E-state index is -1.10. The zero-order valence-corrected chi connectivity index (χ0v) is 7.97. The van der Waals surface area contributed by atoms with Crippen LogP contribution in [0.2, 0.25) is 0 Å². The molecule has 0 aliphatic heterocycles. The Kier molecular flexibility index (Phi) is 5.99. The number of nitrogens with zero attached hydrogens (tertiary/aromatic N) is 3. The maximum Gasteiger partial charge on any atom is 0.397 e. The van der Waals surface area contributed by atoms with Gasteiger partial charge in [0.15, 0.2) is 0 Å². The predicted molar refractivity (Wildman–Crippen MR) is 49.0 cm³/mol. The van der Waals surface area contributed by atoms with Crippen LogP contribution >= 0.6 is 0 Å². The molecule has 6 heteroatoms. The second-order valence-corrected chi connectivity index (χ2v) is 2.36. The van der Waals surface area contributed by atoms with Gasteiger partial charge >= 0.3 is 11.9 Å². The van der Waals surface area contributed by atoms with Gasteiger partial charge in [0, 0.05) is 0 Å². The van der Waals surface area contributed by atoms with Crippen LogP contribution in [0.4, 0.5) is 0 Å². The second-order valence-electron chi connectivity index (χ2n) is 2.36. The van der Waals surface area contributed by atoms with Crippen LogP contribution in [0.15, 0.2) is 12.7 Å². The molecule has 0 bridgehead atoms. The number of amides is 1. The Balaban J connectivity index is 4.37. The van der Waals surface area contributed by atoms with E-state index in [1.165, 1.54) is 6.08 Å². The van der Waals surface area contributed by atoms with Crippen LogP contribution in [-0.4, -0.2) is 36.5 Å². The summed E-state index contributed by atoms with van der Waals surface area (Å²) < 4.78 is 4.46. The Labute approximate surface area is 87.0 Å². The highest BCUT2D eigenvalue weighted by Crippen LogP contribution is 1.92. The van der Waals surface area contributed by atoms with E-state index in [1.807, 2.05) is 0 Å². The molecular formula is C9H9N3O3. The summed E-state index contributed by atoms with van der Waals surface area (Å²) >= 11 is 0. The molecule has 0 N–H and O–H groups in total. The van der Waals surface area contributed by atoms with Crippen molar-refractivity contribution in [1.82, 2.24) is 4.90 Å². The molecule has 15 heavy (non-hydrogen) atoms. The average Bonchev–Trinajstić information content (AvgIpc) is 2.24. The van der Waals surface area contributed by atoms with Crippen LogP contribution in [0.5, 0.6) is 0 Å². The summed E-state index contributed by atoms with van der Waals surface area (Å²) in [4.78, 5) is 23.1. The van der Waals surface area contributed by atoms with Crippen LogP contribution in [0.25, 0.3) is 0 Å². The van der Waals surface area contributed by atoms with Crippen LogP contribution in [0.3, 0.4) is 0 Å². The molecule has 0 radical (unpaired) electrons. The van der Waals surface area contributed by atoms with Crippen molar-refractivity contribution in [2.45, 2.75) is 0 Å². The summed E-state index contributed by atoms with van der Waals surface area (Å²) in [5, 5.41) is 16.7. The quantitative estimate of drug-likeness (QED) is 0.270. The van der Waals surface area contributed by atoms with Crippen molar-refractivity contribution in [3.8, 4) is 12.1 Å². The standard InChI is InChI=1S/C9H9N3O3/c1-2-7-15-9(14)8(13)12(5-3-10)6-4-11/h2H,1,5-7H2. The summed E-state index contributed by atoms with van der Waals surface area (Å²) in [6, 6.07) is 3.34. The van der Waals surface area contributed by atoms with E-state index in [1.54, 1.807) is 12.1 Å². The molecule has 0 spiro atoms. The van der Waals surface area contributed by atoms with Gasteiger partial charge in [0.05, 0.1) is 12.1 Å². The van der Waals surface area contributed by atoms with Gasteiger partial charge in [0.2, 0.25) is 0 Å². The number of hydrogen-bond donors (Lipinski definition) is 0. The van der Waals surface area contributed by atoms with Crippen LogP contribution in [-0.2, 0) is 14.3 Å². The lowest BCUT2D eigenvalue weighted by atomic mass is 10.4. The number of rotatable bonds is 4. The first-order valence-corrected chi connectivity index (χ1v) is 3.98. The van der Waals surface area contributed by atoms with Gasteiger partial charge in [-0.15, -0.1) is 0 Å². The fraction of sp³-hybridized carbons (Fsp3) is 0.333. The van der Waals surface area contributed by atoms with Gasteiger partial charge in [-0.1, -0.05) is 12.7 Å². The Hall–Kier alpha value is -2.34. The maximum absolute atomic E-state index is 11.2. The number of carbonyl (C=O) groups is 2. The lowest BCUT2D eigenvalue weighted by Crippen LogP contribution is -2.38. The normalized spacial score (nSPS) is 8.13. The zero-order chi connectivity index (χ0) is 11.7. The van der Waals surface area contributed by atoms with Crippen molar-refractivity contribution >= 4 is 11.9 Å². The topological polar surface area (TPSA) is 94.2 Å². The molecule has 0 aromatic carbocycles. The molecule has 0 aliphatic carbocycles. The van der Waals surface area contributed by atoms with E-state index in [9.17, 15) is 9.59 Å². The largest absolute Gasteiger partial charge is 0.454 e. The Morgan fingerprint density at radius 3 is 2.27 bits per heavy atom. The molecule has 0 rings (SSSR count). The van der Waals surface area contributed by atoms with Gasteiger partial charge in [-0.3, -0.25) is 4.79 Å². The van der Waals surface area contributed by atoms with E-state index in [0.717, 1.165) is 4.90 Å². The highest BCUT2D eigenvalue weighted by Gasteiger charge is 2.22. The lowest BCUT2D eigenvalue weighted by molar-refractivity contribution is -0.158. The van der Waals surface area contributed by atoms with Gasteiger partial charge < -0.3 is 9.64 Å². The van der Waals surface area contributed by atoms with Crippen molar-refractivity contribution in [3.05, 3.63) is 12.7 Å². The molecule has 6 nitrogen and oxygen atoms in total. The minimum Gasteiger partial charge on any atom is -0.454 e. The van der Waals surface area contributed by atoms with Crippen molar-refractivity contribution in [2.24, 2.45) is 0 Å². The monoisotopic (exact) mass is 207 g/mol. The fourth-order valence-electron chi connectivity index (χ4n) is 0.696. The molecule has 0 heterocycles. The fourth-order valence-corrected chi connectivity index (χ4v) is 0.696. The van der Waals surface area contributed by atoms with E-state index in [4.69, 9.17) is 10.5 Å². The summed E-state index contributed by atoms with van der Waals surface area (Å²) in [6.07, 6.45) is 1.31. The van der Waals surface area contributed by atoms with Crippen molar-refractivity contribution in [3.63, 3.8) is 0 Å². The zero-order valence-electron chi connectivity index (χ0n) is 7.97. The van der Waals surface area contributed by atoms with Crippen molar-refractivity contribution in [2.75, 3.05) is 19.7 Å². The van der Waals surface area contributed by atoms with Gasteiger partial charge in [0.1, 0.15) is 19.7 Å². The third kappa shape index (κ3) is 4.44. The van der Waals surface area contributed by atoms with Crippen LogP contribution in [0.1, 0.15) is 0 Å². The van der Waals surface area contributed by atoms with E-state index in [-0.39, 0.29) is 19.7 Å². The highest BCUT2D eigenvalue weighted by atomic mass is 16.5. The molecule has 0 unspecified atom stereocenters. The van der Waals surface area contributed by atoms with Gasteiger partial charge in [-0.25, -0.2) is 4.79 Å². The van der Waals surface area contributed by atoms with E-state index >= 15 is 0 Å². The van der Waals surface area contributed by atoms with E-state index < -0.39 is 11.9 Å². The first-order chi connectivity index (χ1) is 7.17. The van der Waals surface area contributed by atoms with Gasteiger partial charge in [-0.05, 0) is 0 Å². The number of carbonyl (C=O) groups excluding carboxylic acids is 2. The molecule has 0 saturated carbocycles. The third-order valence-electron chi connectivity index (χ3n) is 1.32. The minimum absolute atomic E-state index is 0.0858. The first-order valence-electron chi connectivity index (χ1n) is 3.98. The number of ether oxygens (including phenoxy) is 1. The molecule has 78 valence electrons. The number of nitriles is 2. The Bertz CT molecular complexity index is 321. The van der Waals surface area contributed by atoms with Crippen LogP contribution in [0, 0.1) is 22.7 Å². The van der Waals surface area contributed by atoms with E-state index in [0.29, 0.717) is 0 Å². The predicted octanol–water partition coefficient (Wildman–Crippen LogP) is -0.409. The van der Waals surface area contributed by atoms with E-state index in [2.05, 4.69) is 11.3 Å². The Morgan fingerprint density at radius 1 is 1.33 bits per heavy atom. The Morgan fingerprint density at radius 2 is 1.87 bits per heavy atom. The summed E-state index contributed by atoms with van der Waals surface area (Å²) in [5.41, 5.74) is 0. The molecule has 0 aromatic heterocycles. The summed E-state index contributed by atoms with van der Waals surface area (Å²) in [6.45, 7) is 2.57. The average molecular weight is 207 g/mol. The number of hydrogen-bond acceptors (Lipinski definition) is 5. The van der Waals surface area contributed by atoms with Gasteiger partial charge in [0.25, 0.3) is 0 Å². The first kappa shape index (κ1) is 12.7. The molecule has 0 aliphatic rings. The summed E-state index contributed by atoms with van der Waals surface area (Å²) in [5.74, 6) is -2.10. The third-order valence-corrected chi connectivity index (χ3v) is 1.32. The SMILES string of the molecule is C=CCOC(=O)C(=O)N(CC#N)CC#N. The molecular weight excluding hydrogens is 198 g/mol. The highest BCUT2D eigenvalue weighted by molar-refractivity contribution is 6.32. The lowest BCUT2D eigenvalue weighted by Gasteiger charge is -2.13. The smallest absolute Gasteiger partial charge is 0.397 e. The van der Waals surface area contributed by atoms with Crippen LogP contribution < -0.4 is 0 Å². The van der Waals surface area contributed by atoms with Crippen molar-refractivity contribution in [1.29, 1.82) is 10.5 Å². The van der Waals surface area contributed by atoms with Gasteiger partial charge in [-0.2, -0.15) is 10.5 Å². The molecule has 0 atom stereocenters. The van der Waals surface area contributed by atoms with Crippen molar-refractivity contribution < 1.29 is 14.3 Å². The molecule has 0 saturated heterocycles. The molecule has 1 amide bonds. The molecule has 0 fully saturated rings. The maximum atomic E-state index is 11.2. The second kappa shape index (κ2) is 7.10. The summed E-state index contributed by atoms with van der Waals surface area (Å²) in [7, 11) is 0. The molecule has 0 aromatic rings. The number of esters is 1.